The van der Waals surface area contributed by atoms with E-state index in [9.17, 15) is 61.5 Å². The van der Waals surface area contributed by atoms with Crippen LogP contribution >= 0.6 is 0 Å². The predicted molar refractivity (Wildman–Crippen MR) is 109 cm³/mol. The zero-order chi connectivity index (χ0) is 30.6. The molecule has 0 heterocycles. The first-order valence-electron chi connectivity index (χ1n) is 10.0. The molecule has 218 valence electrons. The Morgan fingerprint density at radius 2 is 0.775 bits per heavy atom. The number of benzene rings is 3. The van der Waals surface area contributed by atoms with Gasteiger partial charge in [-0.05, 0) is 58.7 Å². The highest BCUT2D eigenvalue weighted by molar-refractivity contribution is 5.81. The molecule has 0 saturated carbocycles. The van der Waals surface area contributed by atoms with Crippen molar-refractivity contribution in [2.45, 2.75) is 25.1 Å². The summed E-state index contributed by atoms with van der Waals surface area (Å²) < 4.78 is 195. The summed E-state index contributed by atoms with van der Waals surface area (Å²) in [7, 11) is 0. The minimum absolute atomic E-state index is 0.0917. The van der Waals surface area contributed by atoms with Crippen molar-refractivity contribution in [3.05, 3.63) is 59.2 Å². The Labute approximate surface area is 212 Å². The molecule has 4 N–H and O–H groups in total. The van der Waals surface area contributed by atoms with E-state index in [1.807, 2.05) is 0 Å². The van der Waals surface area contributed by atoms with Gasteiger partial charge in [0.15, 0.2) is 23.1 Å². The van der Waals surface area contributed by atoms with Gasteiger partial charge in [0.25, 0.3) is 0 Å². The standard InChI is InChI=1S/C22H10F14N2O2/c23-13-1-7(3-15(17(13)37)39-21(31,32)33)9-5-12(20(28,29)30)10(6-11(9)19(25,26)27)8-2-14(24)18(38)16(4-8)40-22(34,35)36/h1-6H,37-38H2. The van der Waals surface area contributed by atoms with Crippen LogP contribution in [0.2, 0.25) is 0 Å². The Bertz CT molecular complexity index is 1330. The summed E-state index contributed by atoms with van der Waals surface area (Å²) in [6, 6.07) is -0.150. The van der Waals surface area contributed by atoms with E-state index in [4.69, 9.17) is 11.5 Å². The SMILES string of the molecule is Nc1c(F)cc(-c2cc(C(F)(F)F)c(-c3cc(F)c(N)c(OC(F)(F)F)c3)cc2C(F)(F)F)cc1OC(F)(F)F. The molecule has 0 fully saturated rings. The summed E-state index contributed by atoms with van der Waals surface area (Å²) in [6.45, 7) is 0. The fourth-order valence-corrected chi connectivity index (χ4v) is 3.46. The van der Waals surface area contributed by atoms with E-state index in [2.05, 4.69) is 9.47 Å². The van der Waals surface area contributed by atoms with Crippen molar-refractivity contribution in [3.63, 3.8) is 0 Å². The van der Waals surface area contributed by atoms with Gasteiger partial charge in [-0.2, -0.15) is 26.3 Å². The number of halogens is 14. The molecule has 4 nitrogen and oxygen atoms in total. The van der Waals surface area contributed by atoms with Crippen molar-refractivity contribution in [2.75, 3.05) is 11.5 Å². The highest BCUT2D eigenvalue weighted by Gasteiger charge is 2.41. The van der Waals surface area contributed by atoms with Crippen molar-refractivity contribution in [1.29, 1.82) is 0 Å². The number of rotatable bonds is 4. The molecule has 0 atom stereocenters. The van der Waals surface area contributed by atoms with Gasteiger partial charge in [-0.1, -0.05) is 0 Å². The van der Waals surface area contributed by atoms with Crippen LogP contribution in [-0.2, 0) is 12.4 Å². The van der Waals surface area contributed by atoms with Crippen LogP contribution in [0.5, 0.6) is 11.5 Å². The molecule has 0 bridgehead atoms. The van der Waals surface area contributed by atoms with Gasteiger partial charge < -0.3 is 20.9 Å². The number of nitrogens with two attached hydrogens (primary N) is 2. The van der Waals surface area contributed by atoms with Crippen LogP contribution in [0.1, 0.15) is 11.1 Å². The normalized spacial score (nSPS) is 12.9. The van der Waals surface area contributed by atoms with Crippen LogP contribution in [0.4, 0.5) is 72.8 Å². The molecular weight excluding hydrogens is 590 g/mol. The van der Waals surface area contributed by atoms with Crippen molar-refractivity contribution >= 4 is 11.4 Å². The maximum atomic E-state index is 14.2. The summed E-state index contributed by atoms with van der Waals surface area (Å²) in [5.41, 5.74) is -2.01. The van der Waals surface area contributed by atoms with Gasteiger partial charge in [0, 0.05) is 0 Å². The summed E-state index contributed by atoms with van der Waals surface area (Å²) in [4.78, 5) is 0. The van der Waals surface area contributed by atoms with Crippen LogP contribution in [-0.4, -0.2) is 12.7 Å². The monoisotopic (exact) mass is 600 g/mol. The molecule has 0 aliphatic carbocycles. The first kappa shape index (κ1) is 30.4. The molecule has 0 aliphatic rings. The van der Waals surface area contributed by atoms with Gasteiger partial charge in [0.2, 0.25) is 0 Å². The Balaban J connectivity index is 2.41. The molecule has 18 heteroatoms. The smallest absolute Gasteiger partial charge is 0.403 e. The second-order valence-corrected chi connectivity index (χ2v) is 7.77. The molecule has 3 aromatic rings. The van der Waals surface area contributed by atoms with Gasteiger partial charge in [0.05, 0.1) is 11.1 Å². The van der Waals surface area contributed by atoms with Gasteiger partial charge >= 0.3 is 25.1 Å². The minimum atomic E-state index is -5.60. The Kier molecular flexibility index (Phi) is 7.46. The topological polar surface area (TPSA) is 70.5 Å². The van der Waals surface area contributed by atoms with Gasteiger partial charge in [-0.3, -0.25) is 0 Å². The molecule has 0 aromatic heterocycles. The van der Waals surface area contributed by atoms with Crippen molar-refractivity contribution < 1.29 is 70.9 Å². The van der Waals surface area contributed by atoms with Crippen molar-refractivity contribution in [3.8, 4) is 33.8 Å². The number of anilines is 2. The maximum absolute atomic E-state index is 14.2. The lowest BCUT2D eigenvalue weighted by Gasteiger charge is -2.22. The molecule has 3 rings (SSSR count). The summed E-state index contributed by atoms with van der Waals surface area (Å²) in [5.74, 6) is -6.75. The lowest BCUT2D eigenvalue weighted by Crippen LogP contribution is -2.19. The van der Waals surface area contributed by atoms with Gasteiger partial charge in [0.1, 0.15) is 11.4 Å². The molecule has 0 saturated heterocycles. The second kappa shape index (κ2) is 9.81. The number of hydrogen-bond acceptors (Lipinski definition) is 4. The molecule has 0 spiro atoms. The van der Waals surface area contributed by atoms with E-state index >= 15 is 0 Å². The number of ether oxygens (including phenoxy) is 2. The average Bonchev–Trinajstić information content (AvgIpc) is 2.75. The number of nitrogen functional groups attached to an aromatic ring is 2. The van der Waals surface area contributed by atoms with E-state index in [0.29, 0.717) is 0 Å². The summed E-state index contributed by atoms with van der Waals surface area (Å²) >= 11 is 0. The van der Waals surface area contributed by atoms with Crippen LogP contribution in [0.3, 0.4) is 0 Å². The lowest BCUT2D eigenvalue weighted by atomic mass is 9.89. The zero-order valence-electron chi connectivity index (χ0n) is 18.7. The van der Waals surface area contributed by atoms with Crippen LogP contribution < -0.4 is 20.9 Å². The van der Waals surface area contributed by atoms with Crippen molar-refractivity contribution in [2.24, 2.45) is 0 Å². The summed E-state index contributed by atoms with van der Waals surface area (Å²) in [5, 5.41) is 0. The Morgan fingerprint density at radius 3 is 1.02 bits per heavy atom. The van der Waals surface area contributed by atoms with Crippen LogP contribution in [0.15, 0.2) is 36.4 Å². The first-order chi connectivity index (χ1) is 18.0. The maximum Gasteiger partial charge on any atom is 0.573 e. The van der Waals surface area contributed by atoms with Crippen LogP contribution in [0, 0.1) is 11.6 Å². The van der Waals surface area contributed by atoms with E-state index in [1.54, 1.807) is 0 Å². The molecule has 3 aromatic carbocycles. The van der Waals surface area contributed by atoms with E-state index < -0.39 is 93.0 Å². The molecule has 0 amide bonds. The van der Waals surface area contributed by atoms with E-state index in [1.165, 1.54) is 0 Å². The fraction of sp³-hybridized carbons (Fsp3) is 0.182. The van der Waals surface area contributed by atoms with Gasteiger partial charge in [-0.25, -0.2) is 8.78 Å². The molecule has 0 radical (unpaired) electrons. The Morgan fingerprint density at radius 1 is 0.475 bits per heavy atom. The highest BCUT2D eigenvalue weighted by atomic mass is 19.4. The fourth-order valence-electron chi connectivity index (χ4n) is 3.46. The van der Waals surface area contributed by atoms with Crippen molar-refractivity contribution in [1.82, 2.24) is 0 Å². The highest BCUT2D eigenvalue weighted by Crippen LogP contribution is 2.48. The quantitative estimate of drug-likeness (QED) is 0.234. The average molecular weight is 600 g/mol. The third-order valence-corrected chi connectivity index (χ3v) is 5.03. The Hall–Kier alpha value is -4.12. The van der Waals surface area contributed by atoms with E-state index in [-0.39, 0.29) is 36.4 Å². The molecule has 0 unspecified atom stereocenters. The summed E-state index contributed by atoms with van der Waals surface area (Å²) in [6.07, 6.45) is -22.3. The largest absolute Gasteiger partial charge is 0.573 e. The zero-order valence-corrected chi connectivity index (χ0v) is 18.7. The third-order valence-electron chi connectivity index (χ3n) is 5.03. The molecule has 0 aliphatic heterocycles. The first-order valence-corrected chi connectivity index (χ1v) is 10.0. The third kappa shape index (κ3) is 6.71. The van der Waals surface area contributed by atoms with Gasteiger partial charge in [-0.15, -0.1) is 26.3 Å². The second-order valence-electron chi connectivity index (χ2n) is 7.77. The number of hydrogen-bond donors (Lipinski definition) is 2. The molecular formula is C22H10F14N2O2. The predicted octanol–water partition coefficient (Wildman–Crippen LogP) is 8.30. The minimum Gasteiger partial charge on any atom is -0.403 e. The van der Waals surface area contributed by atoms with Crippen LogP contribution in [0.25, 0.3) is 22.3 Å². The molecule has 40 heavy (non-hydrogen) atoms. The van der Waals surface area contributed by atoms with E-state index in [0.717, 1.165) is 0 Å². The lowest BCUT2D eigenvalue weighted by molar-refractivity contribution is -0.275. The number of alkyl halides is 12.